The van der Waals surface area contributed by atoms with Crippen LogP contribution in [0.25, 0.3) is 0 Å². The fraction of sp³-hybridized carbons (Fsp3) is 0.567. The molecule has 1 unspecified atom stereocenters. The molecule has 0 spiro atoms. The summed E-state index contributed by atoms with van der Waals surface area (Å²) in [5.41, 5.74) is 2.61. The van der Waals surface area contributed by atoms with Gasteiger partial charge in [-0.15, -0.1) is 0 Å². The van der Waals surface area contributed by atoms with Gasteiger partial charge in [-0.1, -0.05) is 94.8 Å². The van der Waals surface area contributed by atoms with Crippen molar-refractivity contribution in [1.82, 2.24) is 0 Å². The summed E-state index contributed by atoms with van der Waals surface area (Å²) >= 11 is 0. The molecule has 0 aliphatic carbocycles. The summed E-state index contributed by atoms with van der Waals surface area (Å²) in [4.78, 5) is 12.7. The zero-order valence-electron chi connectivity index (χ0n) is 21.9. The monoisotopic (exact) mass is 468 g/mol. The van der Waals surface area contributed by atoms with Crippen LogP contribution in [0.2, 0.25) is 0 Å². The molecule has 0 bridgehead atoms. The maximum atomic E-state index is 12.7. The van der Waals surface area contributed by atoms with E-state index in [4.69, 9.17) is 9.47 Å². The molecule has 0 heterocycles. The molecule has 1 atom stereocenters. The number of hydrogen-bond acceptors (Lipinski definition) is 3. The highest BCUT2D eigenvalue weighted by atomic mass is 16.7. The molecule has 188 valence electrons. The Labute approximate surface area is 207 Å². The highest BCUT2D eigenvalue weighted by Crippen LogP contribution is 2.18. The molecule has 2 aromatic carbocycles. The van der Waals surface area contributed by atoms with Crippen molar-refractivity contribution in [1.29, 1.82) is 0 Å². The predicted molar refractivity (Wildman–Crippen MR) is 141 cm³/mol. The number of ether oxygens (including phenoxy) is 2. The van der Waals surface area contributed by atoms with Crippen molar-refractivity contribution in [2.24, 2.45) is 5.92 Å². The van der Waals surface area contributed by atoms with Crippen LogP contribution in [-0.4, -0.2) is 37.9 Å². The number of esters is 1. The molecule has 0 aliphatic heterocycles. The summed E-state index contributed by atoms with van der Waals surface area (Å²) in [6, 6.07) is 18.6. The lowest BCUT2D eigenvalue weighted by Gasteiger charge is -2.32. The number of carbonyl (C=O) groups is 1. The van der Waals surface area contributed by atoms with Gasteiger partial charge in [0.15, 0.2) is 0 Å². The highest BCUT2D eigenvalue weighted by molar-refractivity contribution is 5.72. The molecule has 2 rings (SSSR count). The lowest BCUT2D eigenvalue weighted by Crippen LogP contribution is -2.44. The zero-order chi connectivity index (χ0) is 24.7. The van der Waals surface area contributed by atoms with Gasteiger partial charge >= 0.3 is 5.97 Å². The first-order valence-corrected chi connectivity index (χ1v) is 13.2. The fourth-order valence-electron chi connectivity index (χ4n) is 4.42. The van der Waals surface area contributed by atoms with Gasteiger partial charge in [0, 0.05) is 5.56 Å². The minimum Gasteiger partial charge on any atom is -0.457 e. The third-order valence-electron chi connectivity index (χ3n) is 6.41. The number of rotatable bonds is 17. The number of unbranched alkanes of at least 4 members (excludes halogenated alkanes) is 6. The molecular formula is C30H46NO3+. The van der Waals surface area contributed by atoms with E-state index in [-0.39, 0.29) is 18.7 Å². The van der Waals surface area contributed by atoms with Crippen LogP contribution in [-0.2, 0) is 22.5 Å². The van der Waals surface area contributed by atoms with E-state index in [1.54, 1.807) is 0 Å². The molecular weight excluding hydrogens is 422 g/mol. The van der Waals surface area contributed by atoms with Crippen LogP contribution >= 0.6 is 0 Å². The Balaban J connectivity index is 1.68. The third-order valence-corrected chi connectivity index (χ3v) is 6.41. The molecule has 0 aromatic heterocycles. The lowest BCUT2D eigenvalue weighted by atomic mass is 10.0. The largest absolute Gasteiger partial charge is 0.457 e. The van der Waals surface area contributed by atoms with Gasteiger partial charge in [0.2, 0.25) is 6.79 Å². The quantitative estimate of drug-likeness (QED) is 0.107. The highest BCUT2D eigenvalue weighted by Gasteiger charge is 2.28. The van der Waals surface area contributed by atoms with Crippen molar-refractivity contribution in [2.75, 3.05) is 27.4 Å². The van der Waals surface area contributed by atoms with Crippen molar-refractivity contribution >= 4 is 5.97 Å². The average molecular weight is 469 g/mol. The Morgan fingerprint density at radius 3 is 2.12 bits per heavy atom. The van der Waals surface area contributed by atoms with E-state index in [2.05, 4.69) is 57.4 Å². The Hall–Kier alpha value is -2.33. The van der Waals surface area contributed by atoms with Crippen molar-refractivity contribution in [2.45, 2.75) is 78.2 Å². The van der Waals surface area contributed by atoms with E-state index >= 15 is 0 Å². The zero-order valence-corrected chi connectivity index (χ0v) is 21.9. The molecule has 34 heavy (non-hydrogen) atoms. The Morgan fingerprint density at radius 1 is 0.824 bits per heavy atom. The standard InChI is InChI=1S/C30H46NO3/c1-5-7-8-9-10-11-13-16-26-19-21-29(22-20-26)33-25-34-30(32)28(6-2)24-31(3,4)23-27-17-14-12-15-18-27/h12,14-15,17-22,28H,5-11,13,16,23-25H2,1-4H3/q+1. The van der Waals surface area contributed by atoms with E-state index in [1.165, 1.54) is 56.1 Å². The van der Waals surface area contributed by atoms with Crippen LogP contribution in [0.5, 0.6) is 5.75 Å². The van der Waals surface area contributed by atoms with Gasteiger partial charge in [0.25, 0.3) is 0 Å². The normalized spacial score (nSPS) is 12.4. The topological polar surface area (TPSA) is 35.5 Å². The summed E-state index contributed by atoms with van der Waals surface area (Å²) in [7, 11) is 4.32. The van der Waals surface area contributed by atoms with E-state index in [0.717, 1.165) is 36.2 Å². The number of nitrogens with zero attached hydrogens (tertiary/aromatic N) is 1. The number of aryl methyl sites for hydroxylation is 1. The van der Waals surface area contributed by atoms with Crippen LogP contribution in [0.4, 0.5) is 0 Å². The van der Waals surface area contributed by atoms with Gasteiger partial charge in [-0.2, -0.15) is 0 Å². The van der Waals surface area contributed by atoms with Crippen LogP contribution < -0.4 is 4.74 Å². The molecule has 0 N–H and O–H groups in total. The molecule has 0 saturated heterocycles. The van der Waals surface area contributed by atoms with Gasteiger partial charge in [-0.3, -0.25) is 4.79 Å². The Morgan fingerprint density at radius 2 is 1.47 bits per heavy atom. The first-order chi connectivity index (χ1) is 16.4. The SMILES string of the molecule is CCCCCCCCCc1ccc(OCOC(=O)C(CC)C[N+](C)(C)Cc2ccccc2)cc1. The van der Waals surface area contributed by atoms with E-state index < -0.39 is 0 Å². The van der Waals surface area contributed by atoms with Crippen LogP contribution in [0, 0.1) is 5.92 Å². The maximum Gasteiger partial charge on any atom is 0.317 e. The van der Waals surface area contributed by atoms with Crippen molar-refractivity contribution < 1.29 is 18.8 Å². The van der Waals surface area contributed by atoms with Crippen molar-refractivity contribution in [3.05, 3.63) is 65.7 Å². The second-order valence-electron chi connectivity index (χ2n) is 10.1. The summed E-state index contributed by atoms with van der Waals surface area (Å²) in [6.07, 6.45) is 11.1. The molecule has 0 radical (unpaired) electrons. The smallest absolute Gasteiger partial charge is 0.317 e. The summed E-state index contributed by atoms with van der Waals surface area (Å²) in [5, 5.41) is 0. The second kappa shape index (κ2) is 15.5. The minimum absolute atomic E-state index is 0.0431. The first kappa shape index (κ1) is 27.9. The summed E-state index contributed by atoms with van der Waals surface area (Å²) < 4.78 is 11.9. The van der Waals surface area contributed by atoms with E-state index in [9.17, 15) is 4.79 Å². The van der Waals surface area contributed by atoms with Gasteiger partial charge in [-0.25, -0.2) is 0 Å². The Kier molecular flexibility index (Phi) is 12.8. The van der Waals surface area contributed by atoms with Gasteiger partial charge in [-0.05, 0) is 37.0 Å². The lowest BCUT2D eigenvalue weighted by molar-refractivity contribution is -0.906. The molecule has 0 saturated carbocycles. The van der Waals surface area contributed by atoms with Gasteiger partial charge < -0.3 is 14.0 Å². The average Bonchev–Trinajstić information content (AvgIpc) is 2.83. The molecule has 0 fully saturated rings. The maximum absolute atomic E-state index is 12.7. The molecule has 0 aliphatic rings. The fourth-order valence-corrected chi connectivity index (χ4v) is 4.42. The molecule has 4 heteroatoms. The van der Waals surface area contributed by atoms with Crippen LogP contribution in [0.1, 0.15) is 76.3 Å². The summed E-state index contributed by atoms with van der Waals surface area (Å²) in [6.45, 7) is 5.87. The van der Waals surface area contributed by atoms with Gasteiger partial charge in [0.05, 0.1) is 20.6 Å². The molecule has 0 amide bonds. The number of carbonyl (C=O) groups excluding carboxylic acids is 1. The van der Waals surface area contributed by atoms with E-state index in [0.29, 0.717) is 0 Å². The van der Waals surface area contributed by atoms with Crippen LogP contribution in [0.15, 0.2) is 54.6 Å². The van der Waals surface area contributed by atoms with Crippen LogP contribution in [0.3, 0.4) is 0 Å². The number of benzene rings is 2. The number of quaternary nitrogens is 1. The molecule has 4 nitrogen and oxygen atoms in total. The Bertz CT molecular complexity index is 802. The summed E-state index contributed by atoms with van der Waals surface area (Å²) in [5.74, 6) is 0.410. The molecule has 2 aromatic rings. The van der Waals surface area contributed by atoms with Gasteiger partial charge in [0.1, 0.15) is 18.2 Å². The van der Waals surface area contributed by atoms with Crippen molar-refractivity contribution in [3.63, 3.8) is 0 Å². The third kappa shape index (κ3) is 11.2. The second-order valence-corrected chi connectivity index (χ2v) is 10.1. The first-order valence-electron chi connectivity index (χ1n) is 13.2. The van der Waals surface area contributed by atoms with Crippen molar-refractivity contribution in [3.8, 4) is 5.75 Å². The predicted octanol–water partition coefficient (Wildman–Crippen LogP) is 7.16. The van der Waals surface area contributed by atoms with E-state index in [1.807, 2.05) is 25.1 Å². The minimum atomic E-state index is -0.183. The number of hydrogen-bond donors (Lipinski definition) is 0.